The van der Waals surface area contributed by atoms with Gasteiger partial charge in [0, 0.05) is 13.2 Å². The van der Waals surface area contributed by atoms with Crippen LogP contribution in [0, 0.1) is 5.92 Å². The van der Waals surface area contributed by atoms with Crippen molar-refractivity contribution in [1.82, 2.24) is 9.71 Å². The molecule has 1 atom stereocenters. The fourth-order valence-corrected chi connectivity index (χ4v) is 3.07. The molecular weight excluding hydrogens is 268 g/mol. The maximum atomic E-state index is 12.2. The van der Waals surface area contributed by atoms with Gasteiger partial charge in [0.25, 0.3) is 0 Å². The largest absolute Gasteiger partial charge is 0.372 e. The third-order valence-corrected chi connectivity index (χ3v) is 4.03. The molecule has 0 aliphatic rings. The molecule has 0 saturated heterocycles. The van der Waals surface area contributed by atoms with Gasteiger partial charge in [0.15, 0.2) is 0 Å². The van der Waals surface area contributed by atoms with Crippen LogP contribution in [0.4, 0.5) is 5.82 Å². The SMILES string of the molecule is CNc1ncccc1S(=O)(=O)NC(C(N)=O)C(C)C. The second kappa shape index (κ2) is 5.98. The Morgan fingerprint density at radius 1 is 1.42 bits per heavy atom. The zero-order valence-corrected chi connectivity index (χ0v) is 11.9. The second-order valence-electron chi connectivity index (χ2n) is 4.35. The number of aromatic nitrogens is 1. The Hall–Kier alpha value is -1.67. The summed E-state index contributed by atoms with van der Waals surface area (Å²) in [7, 11) is -2.30. The molecule has 8 heteroatoms. The number of hydrogen-bond donors (Lipinski definition) is 3. The van der Waals surface area contributed by atoms with E-state index in [0.717, 1.165) is 0 Å². The van der Waals surface area contributed by atoms with Gasteiger partial charge in [-0.15, -0.1) is 0 Å². The van der Waals surface area contributed by atoms with Gasteiger partial charge in [-0.1, -0.05) is 13.8 Å². The number of nitrogens with zero attached hydrogens (tertiary/aromatic N) is 1. The number of carbonyl (C=O) groups is 1. The average molecular weight is 286 g/mol. The van der Waals surface area contributed by atoms with Gasteiger partial charge in [-0.3, -0.25) is 4.79 Å². The lowest BCUT2D eigenvalue weighted by atomic mass is 10.1. The van der Waals surface area contributed by atoms with Gasteiger partial charge in [0.2, 0.25) is 15.9 Å². The molecule has 1 amide bonds. The summed E-state index contributed by atoms with van der Waals surface area (Å²) < 4.78 is 26.8. The van der Waals surface area contributed by atoms with Crippen molar-refractivity contribution >= 4 is 21.7 Å². The van der Waals surface area contributed by atoms with E-state index in [0.29, 0.717) is 0 Å². The fourth-order valence-electron chi connectivity index (χ4n) is 1.55. The monoisotopic (exact) mass is 286 g/mol. The summed E-state index contributed by atoms with van der Waals surface area (Å²) in [5.74, 6) is -0.752. The lowest BCUT2D eigenvalue weighted by molar-refractivity contribution is -0.120. The number of nitrogens with one attached hydrogen (secondary N) is 2. The molecule has 1 heterocycles. The van der Waals surface area contributed by atoms with Crippen molar-refractivity contribution in [3.63, 3.8) is 0 Å². The van der Waals surface area contributed by atoms with E-state index in [2.05, 4.69) is 15.0 Å². The number of amides is 1. The summed E-state index contributed by atoms with van der Waals surface area (Å²) in [5.41, 5.74) is 5.20. The van der Waals surface area contributed by atoms with E-state index >= 15 is 0 Å². The van der Waals surface area contributed by atoms with Gasteiger partial charge >= 0.3 is 0 Å². The minimum absolute atomic E-state index is 0.0237. The van der Waals surface area contributed by atoms with Gasteiger partial charge in [-0.2, -0.15) is 4.72 Å². The molecular formula is C11H18N4O3S. The summed E-state index contributed by atoms with van der Waals surface area (Å²) in [5, 5.41) is 2.69. The number of hydrogen-bond acceptors (Lipinski definition) is 5. The Labute approximate surface area is 112 Å². The number of rotatable bonds is 6. The summed E-state index contributed by atoms with van der Waals surface area (Å²) in [4.78, 5) is 15.2. The number of anilines is 1. The first kappa shape index (κ1) is 15.4. The van der Waals surface area contributed by atoms with Crippen LogP contribution >= 0.6 is 0 Å². The second-order valence-corrected chi connectivity index (χ2v) is 6.03. The first-order valence-electron chi connectivity index (χ1n) is 5.74. The van der Waals surface area contributed by atoms with Crippen molar-refractivity contribution in [3.8, 4) is 0 Å². The molecule has 1 aromatic heterocycles. The molecule has 0 aromatic carbocycles. The standard InChI is InChI=1S/C11H18N4O3S/c1-7(2)9(10(12)16)15-19(17,18)8-5-4-6-14-11(8)13-3/h4-7,9,15H,1-3H3,(H2,12,16)(H,13,14). The summed E-state index contributed by atoms with van der Waals surface area (Å²) in [6, 6.07) is 1.94. The molecule has 0 radical (unpaired) electrons. The van der Waals surface area contributed by atoms with Crippen LogP contribution in [0.3, 0.4) is 0 Å². The molecule has 0 aliphatic heterocycles. The number of pyridine rings is 1. The van der Waals surface area contributed by atoms with E-state index in [9.17, 15) is 13.2 Å². The third kappa shape index (κ3) is 3.65. The van der Waals surface area contributed by atoms with E-state index in [4.69, 9.17) is 5.73 Å². The van der Waals surface area contributed by atoms with Crippen LogP contribution in [0.25, 0.3) is 0 Å². The van der Waals surface area contributed by atoms with Gasteiger partial charge in [0.1, 0.15) is 16.8 Å². The highest BCUT2D eigenvalue weighted by atomic mass is 32.2. The lowest BCUT2D eigenvalue weighted by Gasteiger charge is -2.19. The number of carbonyl (C=O) groups excluding carboxylic acids is 1. The Kier molecular flexibility index (Phi) is 4.84. The van der Waals surface area contributed by atoms with Gasteiger partial charge < -0.3 is 11.1 Å². The third-order valence-electron chi connectivity index (χ3n) is 2.55. The molecule has 0 bridgehead atoms. The highest BCUT2D eigenvalue weighted by Gasteiger charge is 2.28. The van der Waals surface area contributed by atoms with E-state index in [1.54, 1.807) is 20.9 Å². The van der Waals surface area contributed by atoms with E-state index in [-0.39, 0.29) is 16.6 Å². The molecule has 0 fully saturated rings. The highest BCUT2D eigenvalue weighted by Crippen LogP contribution is 2.18. The summed E-state index contributed by atoms with van der Waals surface area (Å²) in [6.45, 7) is 3.42. The minimum atomic E-state index is -3.87. The van der Waals surface area contributed by atoms with E-state index in [1.165, 1.54) is 18.3 Å². The zero-order valence-electron chi connectivity index (χ0n) is 11.0. The fraction of sp³-hybridized carbons (Fsp3) is 0.455. The number of nitrogens with two attached hydrogens (primary N) is 1. The average Bonchev–Trinajstić information content (AvgIpc) is 2.35. The van der Waals surface area contributed by atoms with Crippen molar-refractivity contribution in [3.05, 3.63) is 18.3 Å². The van der Waals surface area contributed by atoms with Crippen LogP contribution in [0.15, 0.2) is 23.2 Å². The normalized spacial score (nSPS) is 13.3. The van der Waals surface area contributed by atoms with Crippen LogP contribution < -0.4 is 15.8 Å². The topological polar surface area (TPSA) is 114 Å². The van der Waals surface area contributed by atoms with Crippen LogP contribution in [-0.4, -0.2) is 32.4 Å². The molecule has 0 spiro atoms. The van der Waals surface area contributed by atoms with Crippen LogP contribution in [-0.2, 0) is 14.8 Å². The van der Waals surface area contributed by atoms with Gasteiger partial charge in [-0.25, -0.2) is 13.4 Å². The predicted molar refractivity (Wildman–Crippen MR) is 71.9 cm³/mol. The van der Waals surface area contributed by atoms with E-state index < -0.39 is 22.0 Å². The van der Waals surface area contributed by atoms with Crippen molar-refractivity contribution in [2.45, 2.75) is 24.8 Å². The molecule has 1 aromatic rings. The van der Waals surface area contributed by atoms with Gasteiger partial charge in [0.05, 0.1) is 0 Å². The molecule has 1 unspecified atom stereocenters. The van der Waals surface area contributed by atoms with Crippen LogP contribution in [0.1, 0.15) is 13.8 Å². The number of primary amides is 1. The Morgan fingerprint density at radius 3 is 2.53 bits per heavy atom. The predicted octanol–water partition coefficient (Wildman–Crippen LogP) is -0.0885. The maximum absolute atomic E-state index is 12.2. The van der Waals surface area contributed by atoms with E-state index in [1.807, 2.05) is 0 Å². The smallest absolute Gasteiger partial charge is 0.244 e. The summed E-state index contributed by atoms with van der Waals surface area (Å²) in [6.07, 6.45) is 1.47. The molecule has 7 nitrogen and oxygen atoms in total. The van der Waals surface area contributed by atoms with Crippen molar-refractivity contribution in [2.75, 3.05) is 12.4 Å². The molecule has 1 rings (SSSR count). The Bertz CT molecular complexity index is 557. The minimum Gasteiger partial charge on any atom is -0.372 e. The number of sulfonamides is 1. The first-order valence-corrected chi connectivity index (χ1v) is 7.22. The molecule has 0 aliphatic carbocycles. The van der Waals surface area contributed by atoms with Crippen LogP contribution in [0.2, 0.25) is 0 Å². The molecule has 106 valence electrons. The highest BCUT2D eigenvalue weighted by molar-refractivity contribution is 7.89. The Balaban J connectivity index is 3.14. The summed E-state index contributed by atoms with van der Waals surface area (Å²) >= 11 is 0. The maximum Gasteiger partial charge on any atom is 0.244 e. The first-order chi connectivity index (χ1) is 8.79. The zero-order chi connectivity index (χ0) is 14.6. The van der Waals surface area contributed by atoms with Gasteiger partial charge in [-0.05, 0) is 18.1 Å². The molecule has 19 heavy (non-hydrogen) atoms. The van der Waals surface area contributed by atoms with Crippen molar-refractivity contribution in [1.29, 1.82) is 0 Å². The lowest BCUT2D eigenvalue weighted by Crippen LogP contribution is -2.47. The van der Waals surface area contributed by atoms with Crippen molar-refractivity contribution < 1.29 is 13.2 Å². The quantitative estimate of drug-likeness (QED) is 0.676. The van der Waals surface area contributed by atoms with Crippen molar-refractivity contribution in [2.24, 2.45) is 11.7 Å². The molecule has 0 saturated carbocycles. The molecule has 4 N–H and O–H groups in total. The Morgan fingerprint density at radius 2 is 2.05 bits per heavy atom. The van der Waals surface area contributed by atoms with Crippen LogP contribution in [0.5, 0.6) is 0 Å².